The van der Waals surface area contributed by atoms with E-state index in [0.717, 1.165) is 11.1 Å². The summed E-state index contributed by atoms with van der Waals surface area (Å²) in [5.74, 6) is 1.16. The van der Waals surface area contributed by atoms with Crippen LogP contribution in [0.2, 0.25) is 0 Å². The molecule has 0 bridgehead atoms. The first-order valence-electron chi connectivity index (χ1n) is 8.92. The smallest absolute Gasteiger partial charge is 0.321 e. The van der Waals surface area contributed by atoms with Crippen LogP contribution in [0.15, 0.2) is 75.0 Å². The molecule has 0 saturated carbocycles. The fraction of sp³-hybridized carbons (Fsp3) is 0.143. The lowest BCUT2D eigenvalue weighted by Gasteiger charge is -2.11. The lowest BCUT2D eigenvalue weighted by molar-refractivity contribution is 0.369. The molecule has 0 radical (unpaired) electrons. The molecule has 0 fully saturated rings. The van der Waals surface area contributed by atoms with Gasteiger partial charge in [0.05, 0.1) is 12.8 Å². The molecule has 146 valence electrons. The Bertz CT molecular complexity index is 1290. The van der Waals surface area contributed by atoms with Crippen LogP contribution in [0, 0.1) is 6.92 Å². The molecule has 4 rings (SSSR count). The monoisotopic (exact) mass is 390 g/mol. The van der Waals surface area contributed by atoms with Crippen molar-refractivity contribution in [2.45, 2.75) is 13.5 Å². The van der Waals surface area contributed by atoms with Crippen molar-refractivity contribution in [2.75, 3.05) is 7.11 Å². The number of aromatic nitrogens is 4. The summed E-state index contributed by atoms with van der Waals surface area (Å²) >= 11 is 0. The molecule has 0 saturated heterocycles. The third-order valence-electron chi connectivity index (χ3n) is 4.45. The molecule has 0 unspecified atom stereocenters. The van der Waals surface area contributed by atoms with E-state index in [1.54, 1.807) is 24.3 Å². The van der Waals surface area contributed by atoms with Crippen LogP contribution in [-0.2, 0) is 6.54 Å². The first-order chi connectivity index (χ1) is 14.1. The molecule has 0 spiro atoms. The number of benzene rings is 2. The predicted octanol–water partition coefficient (Wildman–Crippen LogP) is 2.41. The van der Waals surface area contributed by atoms with Crippen molar-refractivity contribution in [2.24, 2.45) is 0 Å². The first kappa shape index (κ1) is 18.4. The summed E-state index contributed by atoms with van der Waals surface area (Å²) in [5, 5.41) is 3.96. The molecular weight excluding hydrogens is 372 g/mol. The molecule has 29 heavy (non-hydrogen) atoms. The molecule has 0 N–H and O–H groups in total. The lowest BCUT2D eigenvalue weighted by Crippen LogP contribution is -2.40. The largest absolute Gasteiger partial charge is 0.495 e. The third-order valence-corrected chi connectivity index (χ3v) is 4.45. The second kappa shape index (κ2) is 7.59. The van der Waals surface area contributed by atoms with Gasteiger partial charge >= 0.3 is 11.1 Å². The molecule has 0 amide bonds. The molecule has 2 aromatic carbocycles. The number of rotatable bonds is 5. The van der Waals surface area contributed by atoms with Crippen molar-refractivity contribution in [1.82, 2.24) is 19.3 Å². The van der Waals surface area contributed by atoms with E-state index in [1.807, 2.05) is 31.2 Å². The van der Waals surface area contributed by atoms with E-state index in [9.17, 15) is 9.59 Å². The van der Waals surface area contributed by atoms with E-state index in [0.29, 0.717) is 17.3 Å². The zero-order chi connectivity index (χ0) is 20.4. The second-order valence-corrected chi connectivity index (χ2v) is 6.46. The molecule has 8 nitrogen and oxygen atoms in total. The quantitative estimate of drug-likeness (QED) is 0.486. The number of methoxy groups -OCH3 is 1. The van der Waals surface area contributed by atoms with E-state index in [2.05, 4.69) is 10.1 Å². The average Bonchev–Trinajstić information content (AvgIpc) is 3.20. The molecule has 0 atom stereocenters. The highest BCUT2D eigenvalue weighted by Gasteiger charge is 2.14. The SMILES string of the molecule is COc1ccccc1-n1ccn(Cc2nc(-c3cccc(C)c3)no2)c(=O)c1=O. The van der Waals surface area contributed by atoms with Crippen molar-refractivity contribution in [3.63, 3.8) is 0 Å². The van der Waals surface area contributed by atoms with E-state index < -0.39 is 11.1 Å². The predicted molar refractivity (Wildman–Crippen MR) is 106 cm³/mol. The standard InChI is InChI=1S/C21H18N4O4/c1-14-6-5-7-15(12-14)19-22-18(29-23-19)13-24-10-11-25(21(27)20(24)26)16-8-3-4-9-17(16)28-2/h3-12H,13H2,1-2H3. The fourth-order valence-corrected chi connectivity index (χ4v) is 3.02. The topological polar surface area (TPSA) is 92.2 Å². The van der Waals surface area contributed by atoms with Gasteiger partial charge in [0, 0.05) is 18.0 Å². The summed E-state index contributed by atoms with van der Waals surface area (Å²) in [5.41, 5.74) is 0.983. The highest BCUT2D eigenvalue weighted by atomic mass is 16.5. The summed E-state index contributed by atoms with van der Waals surface area (Å²) in [4.78, 5) is 29.5. The highest BCUT2D eigenvalue weighted by molar-refractivity contribution is 5.55. The maximum absolute atomic E-state index is 12.6. The van der Waals surface area contributed by atoms with Gasteiger partial charge in [-0.3, -0.25) is 18.7 Å². The van der Waals surface area contributed by atoms with Crippen LogP contribution in [0.5, 0.6) is 5.75 Å². The zero-order valence-electron chi connectivity index (χ0n) is 15.9. The van der Waals surface area contributed by atoms with Crippen LogP contribution in [-0.4, -0.2) is 26.4 Å². The van der Waals surface area contributed by atoms with Crippen LogP contribution >= 0.6 is 0 Å². The van der Waals surface area contributed by atoms with E-state index in [4.69, 9.17) is 9.26 Å². The number of aryl methyl sites for hydroxylation is 1. The maximum Gasteiger partial charge on any atom is 0.321 e. The van der Waals surface area contributed by atoms with E-state index >= 15 is 0 Å². The Labute approximate surface area is 165 Å². The minimum atomic E-state index is -0.700. The molecule has 0 aliphatic rings. The van der Waals surface area contributed by atoms with Crippen LogP contribution in [0.3, 0.4) is 0 Å². The minimum absolute atomic E-state index is 0.000344. The molecule has 0 aliphatic heterocycles. The van der Waals surface area contributed by atoms with Gasteiger partial charge in [-0.15, -0.1) is 0 Å². The van der Waals surface area contributed by atoms with Gasteiger partial charge in [-0.25, -0.2) is 0 Å². The van der Waals surface area contributed by atoms with Crippen LogP contribution < -0.4 is 15.9 Å². The molecule has 2 heterocycles. The maximum atomic E-state index is 12.6. The Kier molecular flexibility index (Phi) is 4.82. The summed E-state index contributed by atoms with van der Waals surface area (Å²) in [6, 6.07) is 14.7. The van der Waals surface area contributed by atoms with Gasteiger partial charge in [0.15, 0.2) is 0 Å². The van der Waals surface area contributed by atoms with E-state index in [-0.39, 0.29) is 12.4 Å². The van der Waals surface area contributed by atoms with Gasteiger partial charge in [0.2, 0.25) is 11.7 Å². The Morgan fingerprint density at radius 3 is 2.66 bits per heavy atom. The second-order valence-electron chi connectivity index (χ2n) is 6.46. The molecule has 2 aromatic heterocycles. The lowest BCUT2D eigenvalue weighted by atomic mass is 10.1. The minimum Gasteiger partial charge on any atom is -0.495 e. The Morgan fingerprint density at radius 2 is 1.86 bits per heavy atom. The van der Waals surface area contributed by atoms with Crippen LogP contribution in [0.4, 0.5) is 0 Å². The number of hydrogen-bond donors (Lipinski definition) is 0. The van der Waals surface area contributed by atoms with E-state index in [1.165, 1.54) is 28.6 Å². The van der Waals surface area contributed by atoms with Gasteiger partial charge in [-0.05, 0) is 25.1 Å². The number of hydrogen-bond acceptors (Lipinski definition) is 6. The van der Waals surface area contributed by atoms with Gasteiger partial charge in [0.25, 0.3) is 0 Å². The van der Waals surface area contributed by atoms with Crippen molar-refractivity contribution in [1.29, 1.82) is 0 Å². The van der Waals surface area contributed by atoms with Crippen LogP contribution in [0.25, 0.3) is 17.1 Å². The molecular formula is C21H18N4O4. The summed E-state index contributed by atoms with van der Waals surface area (Å²) in [7, 11) is 1.51. The Morgan fingerprint density at radius 1 is 1.03 bits per heavy atom. The van der Waals surface area contributed by atoms with Gasteiger partial charge < -0.3 is 9.26 Å². The Hall–Kier alpha value is -3.94. The molecule has 8 heteroatoms. The van der Waals surface area contributed by atoms with Crippen molar-refractivity contribution in [3.05, 3.63) is 93.1 Å². The summed E-state index contributed by atoms with van der Waals surface area (Å²) in [6.45, 7) is 1.97. The first-order valence-corrected chi connectivity index (χ1v) is 8.92. The highest BCUT2D eigenvalue weighted by Crippen LogP contribution is 2.20. The summed E-state index contributed by atoms with van der Waals surface area (Å²) in [6.07, 6.45) is 3.02. The third kappa shape index (κ3) is 3.60. The van der Waals surface area contributed by atoms with Gasteiger partial charge in [0.1, 0.15) is 12.3 Å². The van der Waals surface area contributed by atoms with Crippen molar-refractivity contribution < 1.29 is 9.26 Å². The van der Waals surface area contributed by atoms with Gasteiger partial charge in [-0.1, -0.05) is 41.1 Å². The number of ether oxygens (including phenoxy) is 1. The van der Waals surface area contributed by atoms with Gasteiger partial charge in [-0.2, -0.15) is 4.98 Å². The Balaban J connectivity index is 1.65. The summed E-state index contributed by atoms with van der Waals surface area (Å²) < 4.78 is 13.0. The fourth-order valence-electron chi connectivity index (χ4n) is 3.02. The molecule has 4 aromatic rings. The normalized spacial score (nSPS) is 10.8. The zero-order valence-corrected chi connectivity index (χ0v) is 15.9. The average molecular weight is 390 g/mol. The number of nitrogens with zero attached hydrogens (tertiary/aromatic N) is 4. The van der Waals surface area contributed by atoms with Crippen molar-refractivity contribution >= 4 is 0 Å². The van der Waals surface area contributed by atoms with Crippen LogP contribution in [0.1, 0.15) is 11.5 Å². The molecule has 0 aliphatic carbocycles. The van der Waals surface area contributed by atoms with Crippen molar-refractivity contribution in [3.8, 4) is 22.8 Å². The number of para-hydroxylation sites is 2.